The number of nitrogens with zero attached hydrogens (tertiary/aromatic N) is 2. The first-order valence-electron chi connectivity index (χ1n) is 8.72. The topological polar surface area (TPSA) is 102 Å². The maximum Gasteiger partial charge on any atom is 0.311 e. The molecule has 0 unspecified atom stereocenters. The van der Waals surface area contributed by atoms with Gasteiger partial charge in [-0.1, -0.05) is 24.4 Å². The molecule has 1 aliphatic carbocycles. The van der Waals surface area contributed by atoms with Crippen LogP contribution in [0.15, 0.2) is 10.6 Å². The lowest BCUT2D eigenvalue weighted by molar-refractivity contribution is -0.151. The van der Waals surface area contributed by atoms with Gasteiger partial charge in [-0.05, 0) is 19.8 Å². The minimum atomic E-state index is -0.502. The van der Waals surface area contributed by atoms with E-state index in [0.717, 1.165) is 25.7 Å². The maximum absolute atomic E-state index is 12.2. The number of aromatic nitrogens is 1. The summed E-state index contributed by atoms with van der Waals surface area (Å²) >= 11 is 0. The van der Waals surface area contributed by atoms with Crippen molar-refractivity contribution >= 4 is 23.6 Å². The van der Waals surface area contributed by atoms with Gasteiger partial charge in [0, 0.05) is 25.1 Å². The highest BCUT2D eigenvalue weighted by molar-refractivity contribution is 5.93. The molecule has 1 N–H and O–H groups in total. The molecule has 2 heterocycles. The maximum atomic E-state index is 12.2. The number of carbonyl (C=O) groups is 3. The average Bonchev–Trinajstić information content (AvgIpc) is 3.19. The molecule has 0 bridgehead atoms. The van der Waals surface area contributed by atoms with E-state index in [1.54, 1.807) is 13.0 Å². The second-order valence-corrected chi connectivity index (χ2v) is 6.72. The van der Waals surface area contributed by atoms with Gasteiger partial charge in [-0.25, -0.2) is 0 Å². The van der Waals surface area contributed by atoms with Crippen molar-refractivity contribution in [1.82, 2.24) is 10.1 Å². The van der Waals surface area contributed by atoms with Crippen LogP contribution >= 0.6 is 0 Å². The Morgan fingerprint density at radius 3 is 2.80 bits per heavy atom. The Balaban J connectivity index is 1.45. The van der Waals surface area contributed by atoms with E-state index in [1.807, 2.05) is 4.90 Å². The highest BCUT2D eigenvalue weighted by atomic mass is 16.5. The molecule has 1 saturated heterocycles. The minimum Gasteiger partial charge on any atom is -0.455 e. The number of rotatable bonds is 5. The summed E-state index contributed by atoms with van der Waals surface area (Å²) in [7, 11) is 0. The third-order valence-corrected chi connectivity index (χ3v) is 4.75. The number of hydrogen-bond acceptors (Lipinski definition) is 6. The van der Waals surface area contributed by atoms with Crippen molar-refractivity contribution in [2.45, 2.75) is 51.5 Å². The highest BCUT2D eigenvalue weighted by Gasteiger charge is 2.39. The second-order valence-electron chi connectivity index (χ2n) is 6.72. The number of esters is 1. The van der Waals surface area contributed by atoms with E-state index in [0.29, 0.717) is 12.3 Å². The van der Waals surface area contributed by atoms with Crippen LogP contribution in [0, 0.1) is 12.8 Å². The molecule has 8 heteroatoms. The smallest absolute Gasteiger partial charge is 0.311 e. The Kier molecular flexibility index (Phi) is 5.35. The summed E-state index contributed by atoms with van der Waals surface area (Å²) in [6, 6.07) is 1.81. The van der Waals surface area contributed by atoms with Gasteiger partial charge in [0.2, 0.25) is 5.91 Å². The summed E-state index contributed by atoms with van der Waals surface area (Å²) in [6.45, 7) is 1.70. The van der Waals surface area contributed by atoms with Gasteiger partial charge in [0.1, 0.15) is 5.76 Å². The lowest BCUT2D eigenvalue weighted by Gasteiger charge is -2.31. The molecule has 1 saturated carbocycles. The van der Waals surface area contributed by atoms with E-state index in [4.69, 9.17) is 9.26 Å². The van der Waals surface area contributed by atoms with Crippen molar-refractivity contribution in [3.05, 3.63) is 11.8 Å². The van der Waals surface area contributed by atoms with Crippen molar-refractivity contribution in [2.75, 3.05) is 18.5 Å². The Labute approximate surface area is 145 Å². The molecular formula is C17H23N3O5. The Morgan fingerprint density at radius 2 is 2.12 bits per heavy atom. The second kappa shape index (κ2) is 7.67. The van der Waals surface area contributed by atoms with E-state index in [9.17, 15) is 14.4 Å². The van der Waals surface area contributed by atoms with Gasteiger partial charge in [0.05, 0.1) is 5.92 Å². The van der Waals surface area contributed by atoms with Crippen molar-refractivity contribution in [3.8, 4) is 0 Å². The number of amides is 2. The van der Waals surface area contributed by atoms with Crippen LogP contribution in [-0.2, 0) is 19.1 Å². The lowest BCUT2D eigenvalue weighted by atomic mass is 9.94. The molecule has 0 spiro atoms. The van der Waals surface area contributed by atoms with Crippen LogP contribution in [0.5, 0.6) is 0 Å². The molecular weight excluding hydrogens is 326 g/mol. The molecule has 0 aromatic carbocycles. The molecule has 0 radical (unpaired) electrons. The molecule has 136 valence electrons. The van der Waals surface area contributed by atoms with Gasteiger partial charge in [-0.2, -0.15) is 0 Å². The fourth-order valence-electron chi connectivity index (χ4n) is 3.49. The SMILES string of the molecule is Cc1cc(NC(=O)COC(=O)[C@H]2CC(=O)N(C3CCCCC3)C2)no1. The minimum absolute atomic E-state index is 0.0105. The molecule has 1 aromatic rings. The summed E-state index contributed by atoms with van der Waals surface area (Å²) in [4.78, 5) is 37.9. The Bertz CT molecular complexity index is 650. The van der Waals surface area contributed by atoms with E-state index >= 15 is 0 Å². The zero-order chi connectivity index (χ0) is 17.8. The number of nitrogens with one attached hydrogen (secondary N) is 1. The largest absolute Gasteiger partial charge is 0.455 e. The molecule has 2 aliphatic rings. The van der Waals surface area contributed by atoms with E-state index in [-0.39, 0.29) is 24.2 Å². The molecule has 8 nitrogen and oxygen atoms in total. The molecule has 25 heavy (non-hydrogen) atoms. The average molecular weight is 349 g/mol. The first-order valence-corrected chi connectivity index (χ1v) is 8.72. The van der Waals surface area contributed by atoms with Gasteiger partial charge >= 0.3 is 5.97 Å². The first-order chi connectivity index (χ1) is 12.0. The number of ether oxygens (including phenoxy) is 1. The van der Waals surface area contributed by atoms with E-state index in [1.165, 1.54) is 6.42 Å². The monoisotopic (exact) mass is 349 g/mol. The van der Waals surface area contributed by atoms with Gasteiger partial charge in [-0.15, -0.1) is 0 Å². The quantitative estimate of drug-likeness (QED) is 0.811. The van der Waals surface area contributed by atoms with Crippen LogP contribution < -0.4 is 5.32 Å². The Morgan fingerprint density at radius 1 is 1.36 bits per heavy atom. The summed E-state index contributed by atoms with van der Waals surface area (Å²) in [6.07, 6.45) is 5.65. The summed E-state index contributed by atoms with van der Waals surface area (Å²) in [5, 5.41) is 6.11. The predicted molar refractivity (Wildman–Crippen MR) is 87.5 cm³/mol. The summed E-state index contributed by atoms with van der Waals surface area (Å²) in [5.74, 6) is -0.626. The molecule has 2 amide bonds. The number of hydrogen-bond donors (Lipinski definition) is 1. The number of aryl methyl sites for hydroxylation is 1. The zero-order valence-electron chi connectivity index (χ0n) is 14.3. The van der Waals surface area contributed by atoms with E-state index < -0.39 is 24.4 Å². The first kappa shape index (κ1) is 17.4. The molecule has 1 aromatic heterocycles. The van der Waals surface area contributed by atoms with Gasteiger partial charge in [-0.3, -0.25) is 14.4 Å². The molecule has 1 aliphatic heterocycles. The van der Waals surface area contributed by atoms with Gasteiger partial charge < -0.3 is 19.5 Å². The van der Waals surface area contributed by atoms with Crippen molar-refractivity contribution in [3.63, 3.8) is 0 Å². The highest BCUT2D eigenvalue weighted by Crippen LogP contribution is 2.29. The molecule has 1 atom stereocenters. The van der Waals surface area contributed by atoms with Crippen molar-refractivity contribution in [1.29, 1.82) is 0 Å². The molecule has 3 rings (SSSR count). The zero-order valence-corrected chi connectivity index (χ0v) is 14.3. The normalized spacial score (nSPS) is 21.4. The van der Waals surface area contributed by atoms with Gasteiger partial charge in [0.25, 0.3) is 5.91 Å². The van der Waals surface area contributed by atoms with Crippen LogP contribution in [0.2, 0.25) is 0 Å². The van der Waals surface area contributed by atoms with E-state index in [2.05, 4.69) is 10.5 Å². The number of likely N-dealkylation sites (tertiary alicyclic amines) is 1. The number of carbonyl (C=O) groups excluding carboxylic acids is 3. The van der Waals surface area contributed by atoms with Crippen LogP contribution in [0.3, 0.4) is 0 Å². The molecule has 2 fully saturated rings. The lowest BCUT2D eigenvalue weighted by Crippen LogP contribution is -2.38. The van der Waals surface area contributed by atoms with Crippen molar-refractivity contribution in [2.24, 2.45) is 5.92 Å². The van der Waals surface area contributed by atoms with Crippen molar-refractivity contribution < 1.29 is 23.6 Å². The summed E-state index contributed by atoms with van der Waals surface area (Å²) in [5.41, 5.74) is 0. The number of anilines is 1. The third-order valence-electron chi connectivity index (χ3n) is 4.75. The fourth-order valence-corrected chi connectivity index (χ4v) is 3.49. The van der Waals surface area contributed by atoms with Crippen LogP contribution in [0.1, 0.15) is 44.3 Å². The standard InChI is InChI=1S/C17H23N3O5/c1-11-7-14(19-25-11)18-15(21)10-24-17(23)12-8-16(22)20(9-12)13-5-3-2-4-6-13/h7,12-13H,2-6,8-10H2,1H3,(H,18,19,21)/t12-/m0/s1. The summed E-state index contributed by atoms with van der Waals surface area (Å²) < 4.78 is 9.90. The fraction of sp³-hybridized carbons (Fsp3) is 0.647. The van der Waals surface area contributed by atoms with Gasteiger partial charge in [0.15, 0.2) is 12.4 Å². The Hall–Kier alpha value is -2.38. The predicted octanol–water partition coefficient (Wildman–Crippen LogP) is 1.65. The van der Waals surface area contributed by atoms with Crippen LogP contribution in [0.25, 0.3) is 0 Å². The van der Waals surface area contributed by atoms with Crippen LogP contribution in [-0.4, -0.2) is 47.0 Å². The van der Waals surface area contributed by atoms with Crippen LogP contribution in [0.4, 0.5) is 5.82 Å². The third kappa shape index (κ3) is 4.37.